The highest BCUT2D eigenvalue weighted by Crippen LogP contribution is 2.27. The van der Waals surface area contributed by atoms with Gasteiger partial charge in [0, 0.05) is 45.0 Å². The first-order valence-electron chi connectivity index (χ1n) is 10.4. The minimum Gasteiger partial charge on any atom is -0.369 e. The lowest BCUT2D eigenvalue weighted by Crippen LogP contribution is -2.44. The van der Waals surface area contributed by atoms with Gasteiger partial charge in [0.25, 0.3) is 5.91 Å². The van der Waals surface area contributed by atoms with Gasteiger partial charge in [0.1, 0.15) is 11.6 Å². The van der Waals surface area contributed by atoms with Crippen molar-refractivity contribution in [2.24, 2.45) is 5.73 Å². The molecular formula is C21H28FN7O. The van der Waals surface area contributed by atoms with E-state index in [1.165, 1.54) is 12.5 Å². The van der Waals surface area contributed by atoms with E-state index in [1.54, 1.807) is 12.3 Å². The summed E-state index contributed by atoms with van der Waals surface area (Å²) in [5, 5.41) is 2.94. The summed E-state index contributed by atoms with van der Waals surface area (Å²) in [6.45, 7) is 5.39. The van der Waals surface area contributed by atoms with Gasteiger partial charge in [0.15, 0.2) is 11.5 Å². The second-order valence-corrected chi connectivity index (χ2v) is 7.92. The molecule has 0 aliphatic carbocycles. The van der Waals surface area contributed by atoms with Crippen molar-refractivity contribution in [2.75, 3.05) is 61.4 Å². The third-order valence-electron chi connectivity index (χ3n) is 5.75. The molecule has 2 aromatic rings. The second-order valence-electron chi connectivity index (χ2n) is 7.92. The molecule has 1 aromatic carbocycles. The van der Waals surface area contributed by atoms with E-state index >= 15 is 0 Å². The van der Waals surface area contributed by atoms with E-state index in [0.717, 1.165) is 57.8 Å². The Morgan fingerprint density at radius 1 is 1.07 bits per heavy atom. The van der Waals surface area contributed by atoms with Crippen LogP contribution in [0.2, 0.25) is 0 Å². The minimum absolute atomic E-state index is 0.00157. The fraction of sp³-hybridized carbons (Fsp3) is 0.476. The first kappa shape index (κ1) is 20.3. The standard InChI is InChI=1S/C21H28FN7O/c1-27-9-11-28(12-10-27)15-5-6-17(16(22)13-15)25-21-19(20(23)30)24-14-18(26-21)29-7-3-2-4-8-29/h5-6,13-14H,2-4,7-12H2,1H3,(H2,23,30)(H,25,26). The number of aromatic nitrogens is 2. The van der Waals surface area contributed by atoms with Crippen LogP contribution in [0.25, 0.3) is 0 Å². The highest BCUT2D eigenvalue weighted by molar-refractivity contribution is 5.96. The molecule has 3 heterocycles. The van der Waals surface area contributed by atoms with E-state index in [-0.39, 0.29) is 17.2 Å². The van der Waals surface area contributed by atoms with Crippen molar-refractivity contribution in [2.45, 2.75) is 19.3 Å². The van der Waals surface area contributed by atoms with Gasteiger partial charge in [-0.3, -0.25) is 4.79 Å². The molecule has 0 unspecified atom stereocenters. The highest BCUT2D eigenvalue weighted by atomic mass is 19.1. The van der Waals surface area contributed by atoms with Crippen LogP contribution >= 0.6 is 0 Å². The number of halogens is 1. The minimum atomic E-state index is -0.704. The SMILES string of the molecule is CN1CCN(c2ccc(Nc3nc(N4CCCCC4)cnc3C(N)=O)c(F)c2)CC1. The van der Waals surface area contributed by atoms with Crippen LogP contribution < -0.4 is 20.9 Å². The van der Waals surface area contributed by atoms with E-state index in [9.17, 15) is 9.18 Å². The Bertz CT molecular complexity index is 908. The number of amides is 1. The van der Waals surface area contributed by atoms with E-state index in [1.807, 2.05) is 6.07 Å². The summed E-state index contributed by atoms with van der Waals surface area (Å²) in [5.74, 6) is -0.273. The summed E-state index contributed by atoms with van der Waals surface area (Å²) in [7, 11) is 2.08. The quantitative estimate of drug-likeness (QED) is 0.777. The van der Waals surface area contributed by atoms with Crippen LogP contribution in [0.5, 0.6) is 0 Å². The van der Waals surface area contributed by atoms with Crippen LogP contribution in [0.15, 0.2) is 24.4 Å². The maximum absolute atomic E-state index is 14.9. The Balaban J connectivity index is 1.57. The predicted molar refractivity (Wildman–Crippen MR) is 116 cm³/mol. The molecule has 2 fully saturated rings. The second kappa shape index (κ2) is 8.83. The average Bonchev–Trinajstić information content (AvgIpc) is 2.76. The van der Waals surface area contributed by atoms with Crippen LogP contribution in [-0.4, -0.2) is 67.1 Å². The first-order valence-corrected chi connectivity index (χ1v) is 10.4. The van der Waals surface area contributed by atoms with Crippen molar-refractivity contribution in [1.82, 2.24) is 14.9 Å². The fourth-order valence-electron chi connectivity index (χ4n) is 3.92. The fourth-order valence-corrected chi connectivity index (χ4v) is 3.92. The number of piperazine rings is 1. The van der Waals surface area contributed by atoms with E-state index in [4.69, 9.17) is 5.73 Å². The Morgan fingerprint density at radius 3 is 2.47 bits per heavy atom. The number of hydrogen-bond donors (Lipinski definition) is 2. The largest absolute Gasteiger partial charge is 0.369 e. The normalized spacial score (nSPS) is 17.8. The van der Waals surface area contributed by atoms with Crippen molar-refractivity contribution >= 4 is 28.9 Å². The molecule has 0 atom stereocenters. The van der Waals surface area contributed by atoms with E-state index < -0.39 is 11.7 Å². The van der Waals surface area contributed by atoms with Gasteiger partial charge in [0.05, 0.1) is 11.9 Å². The molecule has 1 aromatic heterocycles. The number of hydrogen-bond acceptors (Lipinski definition) is 7. The van der Waals surface area contributed by atoms with Gasteiger partial charge in [-0.05, 0) is 44.5 Å². The Hall–Kier alpha value is -2.94. The van der Waals surface area contributed by atoms with Crippen LogP contribution in [0.4, 0.5) is 27.4 Å². The summed E-state index contributed by atoms with van der Waals surface area (Å²) in [5.41, 5.74) is 6.55. The monoisotopic (exact) mass is 413 g/mol. The summed E-state index contributed by atoms with van der Waals surface area (Å²) < 4.78 is 14.9. The van der Waals surface area contributed by atoms with Gasteiger partial charge in [-0.2, -0.15) is 0 Å². The van der Waals surface area contributed by atoms with Crippen molar-refractivity contribution in [1.29, 1.82) is 0 Å². The van der Waals surface area contributed by atoms with Gasteiger partial charge in [-0.1, -0.05) is 0 Å². The van der Waals surface area contributed by atoms with Gasteiger partial charge in [-0.15, -0.1) is 0 Å². The van der Waals surface area contributed by atoms with Gasteiger partial charge in [0.2, 0.25) is 0 Å². The lowest BCUT2D eigenvalue weighted by atomic mass is 10.1. The Labute approximate surface area is 175 Å². The van der Waals surface area contributed by atoms with E-state index in [2.05, 4.69) is 37.0 Å². The third-order valence-corrected chi connectivity index (χ3v) is 5.75. The van der Waals surface area contributed by atoms with Gasteiger partial charge in [-0.25, -0.2) is 14.4 Å². The molecule has 0 radical (unpaired) electrons. The third kappa shape index (κ3) is 4.46. The summed E-state index contributed by atoms with van der Waals surface area (Å²) in [4.78, 5) is 27.1. The zero-order valence-electron chi connectivity index (χ0n) is 17.3. The number of likely N-dealkylation sites (N-methyl/N-ethyl adjacent to an activating group) is 1. The number of rotatable bonds is 5. The molecule has 8 nitrogen and oxygen atoms in total. The van der Waals surface area contributed by atoms with Crippen molar-refractivity contribution in [3.63, 3.8) is 0 Å². The molecular weight excluding hydrogens is 385 g/mol. The summed E-state index contributed by atoms with van der Waals surface area (Å²) in [6.07, 6.45) is 4.93. The molecule has 0 spiro atoms. The smallest absolute Gasteiger partial charge is 0.271 e. The van der Waals surface area contributed by atoms with Crippen molar-refractivity contribution in [3.05, 3.63) is 35.9 Å². The maximum atomic E-state index is 14.9. The number of nitrogens with zero attached hydrogens (tertiary/aromatic N) is 5. The van der Waals surface area contributed by atoms with Crippen molar-refractivity contribution < 1.29 is 9.18 Å². The molecule has 160 valence electrons. The Morgan fingerprint density at radius 2 is 1.80 bits per heavy atom. The molecule has 2 aliphatic heterocycles. The maximum Gasteiger partial charge on any atom is 0.271 e. The predicted octanol–water partition coefficient (Wildman–Crippen LogP) is 2.20. The molecule has 30 heavy (non-hydrogen) atoms. The zero-order chi connectivity index (χ0) is 21.1. The van der Waals surface area contributed by atoms with Crippen LogP contribution in [0, 0.1) is 5.82 Å². The first-order chi connectivity index (χ1) is 14.5. The number of nitrogens with two attached hydrogens (primary N) is 1. The van der Waals surface area contributed by atoms with E-state index in [0.29, 0.717) is 5.82 Å². The number of anilines is 4. The summed E-state index contributed by atoms with van der Waals surface area (Å²) >= 11 is 0. The number of benzene rings is 1. The zero-order valence-corrected chi connectivity index (χ0v) is 17.3. The molecule has 9 heteroatoms. The number of carbonyl (C=O) groups is 1. The van der Waals surface area contributed by atoms with Crippen LogP contribution in [0.1, 0.15) is 29.8 Å². The number of piperidine rings is 1. The molecule has 3 N–H and O–H groups in total. The average molecular weight is 414 g/mol. The molecule has 2 saturated heterocycles. The van der Waals surface area contributed by atoms with Crippen LogP contribution in [0.3, 0.4) is 0 Å². The number of nitrogens with one attached hydrogen (secondary N) is 1. The molecule has 0 saturated carbocycles. The van der Waals surface area contributed by atoms with Gasteiger partial charge >= 0.3 is 0 Å². The molecule has 0 bridgehead atoms. The number of primary amides is 1. The number of carbonyl (C=O) groups excluding carboxylic acids is 1. The molecule has 1 amide bonds. The highest BCUT2D eigenvalue weighted by Gasteiger charge is 2.20. The van der Waals surface area contributed by atoms with Crippen LogP contribution in [-0.2, 0) is 0 Å². The van der Waals surface area contributed by atoms with Crippen molar-refractivity contribution in [3.8, 4) is 0 Å². The summed E-state index contributed by atoms with van der Waals surface area (Å²) in [6, 6.07) is 5.06. The molecule has 2 aliphatic rings. The molecule has 4 rings (SSSR count). The lowest BCUT2D eigenvalue weighted by Gasteiger charge is -2.34. The Kier molecular flexibility index (Phi) is 5.98. The lowest BCUT2D eigenvalue weighted by molar-refractivity contribution is 0.0996. The van der Waals surface area contributed by atoms with Gasteiger partial charge < -0.3 is 25.8 Å². The topological polar surface area (TPSA) is 90.6 Å².